The van der Waals surface area contributed by atoms with Crippen LogP contribution in [0.15, 0.2) is 29.2 Å². The van der Waals surface area contributed by atoms with Gasteiger partial charge in [0.2, 0.25) is 15.9 Å². The highest BCUT2D eigenvalue weighted by Gasteiger charge is 2.28. The molecule has 0 saturated carbocycles. The minimum absolute atomic E-state index is 0. The number of hydrogen-bond donors (Lipinski definition) is 3. The Morgan fingerprint density at radius 1 is 1.30 bits per heavy atom. The van der Waals surface area contributed by atoms with E-state index in [1.54, 1.807) is 31.2 Å². The Bertz CT molecular complexity index is 615. The molecule has 1 aliphatic rings. The molecule has 1 amide bonds. The van der Waals surface area contributed by atoms with Gasteiger partial charge in [0.15, 0.2) is 0 Å². The number of nitrogens with one attached hydrogen (secondary N) is 3. The molecule has 0 aromatic heterocycles. The highest BCUT2D eigenvalue weighted by molar-refractivity contribution is 7.89. The molecule has 0 aliphatic carbocycles. The van der Waals surface area contributed by atoms with Gasteiger partial charge in [-0.05, 0) is 36.7 Å². The van der Waals surface area contributed by atoms with Crippen molar-refractivity contribution >= 4 is 28.3 Å². The third-order valence-electron chi connectivity index (χ3n) is 3.97. The van der Waals surface area contributed by atoms with E-state index < -0.39 is 10.0 Å². The van der Waals surface area contributed by atoms with E-state index in [1.807, 2.05) is 6.92 Å². The molecule has 1 aromatic rings. The predicted octanol–water partition coefficient (Wildman–Crippen LogP) is 0.878. The summed E-state index contributed by atoms with van der Waals surface area (Å²) in [6, 6.07) is 6.55. The van der Waals surface area contributed by atoms with E-state index in [0.29, 0.717) is 19.0 Å². The molecular formula is C15H24ClN3O3S. The van der Waals surface area contributed by atoms with Crippen molar-refractivity contribution in [1.82, 2.24) is 15.4 Å². The quantitative estimate of drug-likeness (QED) is 0.672. The third-order valence-corrected chi connectivity index (χ3v) is 5.53. The Balaban J connectivity index is 0.00000264. The van der Waals surface area contributed by atoms with Crippen LogP contribution in [0.1, 0.15) is 19.4 Å². The van der Waals surface area contributed by atoms with Gasteiger partial charge in [-0.1, -0.05) is 26.0 Å². The number of halogens is 1. The average Bonchev–Trinajstić information content (AvgIpc) is 2.43. The fourth-order valence-electron chi connectivity index (χ4n) is 2.29. The van der Waals surface area contributed by atoms with Gasteiger partial charge in [0.25, 0.3) is 0 Å². The van der Waals surface area contributed by atoms with Crippen LogP contribution in [0.4, 0.5) is 0 Å². The molecule has 23 heavy (non-hydrogen) atoms. The lowest BCUT2D eigenvalue weighted by Crippen LogP contribution is -2.49. The summed E-state index contributed by atoms with van der Waals surface area (Å²) in [6.07, 6.45) is 0. The molecule has 1 unspecified atom stereocenters. The Morgan fingerprint density at radius 3 is 2.39 bits per heavy atom. The molecule has 0 bridgehead atoms. The molecule has 2 rings (SSSR count). The number of carbonyl (C=O) groups excluding carboxylic acids is 1. The third kappa shape index (κ3) is 5.17. The molecular weight excluding hydrogens is 338 g/mol. The fraction of sp³-hybridized carbons (Fsp3) is 0.533. The lowest BCUT2D eigenvalue weighted by Gasteiger charge is -2.31. The second kappa shape index (κ2) is 8.63. The molecule has 0 spiro atoms. The molecule has 1 fully saturated rings. The fourth-order valence-corrected chi connectivity index (χ4v) is 3.33. The van der Waals surface area contributed by atoms with Crippen molar-refractivity contribution in [1.29, 1.82) is 0 Å². The number of rotatable bonds is 7. The number of benzene rings is 1. The summed E-state index contributed by atoms with van der Waals surface area (Å²) >= 11 is 0. The van der Waals surface area contributed by atoms with Crippen LogP contribution in [-0.2, 0) is 21.4 Å². The molecule has 6 nitrogen and oxygen atoms in total. The highest BCUT2D eigenvalue weighted by atomic mass is 35.5. The lowest BCUT2D eigenvalue weighted by molar-refractivity contribution is -0.126. The average molecular weight is 362 g/mol. The van der Waals surface area contributed by atoms with Gasteiger partial charge in [0.1, 0.15) is 0 Å². The van der Waals surface area contributed by atoms with E-state index in [9.17, 15) is 13.2 Å². The van der Waals surface area contributed by atoms with Crippen LogP contribution in [0.2, 0.25) is 0 Å². The number of amides is 1. The molecule has 1 heterocycles. The van der Waals surface area contributed by atoms with Crippen LogP contribution in [-0.4, -0.2) is 34.0 Å². The molecule has 1 aromatic carbocycles. The van der Waals surface area contributed by atoms with Crippen molar-refractivity contribution in [3.05, 3.63) is 29.8 Å². The van der Waals surface area contributed by atoms with Gasteiger partial charge in [-0.25, -0.2) is 13.1 Å². The smallest absolute Gasteiger partial charge is 0.240 e. The summed E-state index contributed by atoms with van der Waals surface area (Å²) in [7, 11) is -3.42. The highest BCUT2D eigenvalue weighted by Crippen LogP contribution is 2.16. The Labute approximate surface area is 143 Å². The first-order valence-corrected chi connectivity index (χ1v) is 8.99. The topological polar surface area (TPSA) is 87.3 Å². The summed E-state index contributed by atoms with van der Waals surface area (Å²) in [5.41, 5.74) is 0.878. The maximum absolute atomic E-state index is 12.0. The number of sulfonamides is 1. The normalized spacial score (nSPS) is 16.1. The second-order valence-electron chi connectivity index (χ2n) is 5.57. The van der Waals surface area contributed by atoms with Crippen molar-refractivity contribution in [2.75, 3.05) is 19.6 Å². The van der Waals surface area contributed by atoms with Crippen molar-refractivity contribution in [2.45, 2.75) is 25.3 Å². The van der Waals surface area contributed by atoms with E-state index in [-0.39, 0.29) is 29.1 Å². The number of carbonyl (C=O) groups is 1. The SMILES string of the molecule is CCNS(=O)(=O)c1ccc(CNC(=O)C(C)C2CNC2)cc1.Cl. The Morgan fingerprint density at radius 2 is 1.91 bits per heavy atom. The summed E-state index contributed by atoms with van der Waals surface area (Å²) in [5.74, 6) is 0.443. The van der Waals surface area contributed by atoms with E-state index in [2.05, 4.69) is 15.4 Å². The first-order valence-electron chi connectivity index (χ1n) is 7.51. The zero-order valence-corrected chi connectivity index (χ0v) is 15.0. The van der Waals surface area contributed by atoms with Crippen LogP contribution in [0.5, 0.6) is 0 Å². The second-order valence-corrected chi connectivity index (χ2v) is 7.34. The van der Waals surface area contributed by atoms with Gasteiger partial charge >= 0.3 is 0 Å². The van der Waals surface area contributed by atoms with Gasteiger partial charge in [-0.2, -0.15) is 0 Å². The largest absolute Gasteiger partial charge is 0.352 e. The minimum Gasteiger partial charge on any atom is -0.352 e. The van der Waals surface area contributed by atoms with Crippen molar-refractivity contribution in [3.63, 3.8) is 0 Å². The Hall–Kier alpha value is -1.15. The van der Waals surface area contributed by atoms with Crippen LogP contribution >= 0.6 is 12.4 Å². The molecule has 1 saturated heterocycles. The molecule has 1 aliphatic heterocycles. The molecule has 130 valence electrons. The van der Waals surface area contributed by atoms with Gasteiger partial charge in [0.05, 0.1) is 4.90 Å². The number of hydrogen-bond acceptors (Lipinski definition) is 4. The molecule has 0 radical (unpaired) electrons. The van der Waals surface area contributed by atoms with Crippen molar-refractivity contribution < 1.29 is 13.2 Å². The summed E-state index contributed by atoms with van der Waals surface area (Å²) in [5, 5.41) is 6.06. The summed E-state index contributed by atoms with van der Waals surface area (Å²) in [4.78, 5) is 12.3. The van der Waals surface area contributed by atoms with E-state index in [0.717, 1.165) is 18.7 Å². The van der Waals surface area contributed by atoms with Crippen molar-refractivity contribution in [2.24, 2.45) is 11.8 Å². The van der Waals surface area contributed by atoms with Crippen LogP contribution < -0.4 is 15.4 Å². The summed E-state index contributed by atoms with van der Waals surface area (Å²) in [6.45, 7) is 6.23. The Kier molecular flexibility index (Phi) is 7.47. The van der Waals surface area contributed by atoms with Crippen LogP contribution in [0.3, 0.4) is 0 Å². The predicted molar refractivity (Wildman–Crippen MR) is 91.9 cm³/mol. The standard InChI is InChI=1S/C15H23N3O3S.ClH/c1-3-18-22(20,21)14-6-4-12(5-7-14)8-17-15(19)11(2)13-9-16-10-13;/h4-7,11,13,16,18H,3,8-10H2,1-2H3,(H,17,19);1H. The maximum atomic E-state index is 12.0. The first kappa shape index (κ1) is 19.9. The van der Waals surface area contributed by atoms with Gasteiger partial charge in [-0.15, -0.1) is 12.4 Å². The van der Waals surface area contributed by atoms with Crippen LogP contribution in [0.25, 0.3) is 0 Å². The monoisotopic (exact) mass is 361 g/mol. The minimum atomic E-state index is -3.42. The molecule has 8 heteroatoms. The molecule has 1 atom stereocenters. The molecule has 3 N–H and O–H groups in total. The van der Waals surface area contributed by atoms with E-state index >= 15 is 0 Å². The van der Waals surface area contributed by atoms with Gasteiger partial charge in [-0.3, -0.25) is 4.79 Å². The zero-order chi connectivity index (χ0) is 16.2. The van der Waals surface area contributed by atoms with Gasteiger partial charge < -0.3 is 10.6 Å². The zero-order valence-electron chi connectivity index (χ0n) is 13.3. The summed E-state index contributed by atoms with van der Waals surface area (Å²) < 4.78 is 26.1. The lowest BCUT2D eigenvalue weighted by atomic mass is 9.88. The van der Waals surface area contributed by atoms with Crippen molar-refractivity contribution in [3.8, 4) is 0 Å². The first-order chi connectivity index (χ1) is 10.4. The van der Waals surface area contributed by atoms with Gasteiger partial charge in [0, 0.05) is 19.0 Å². The van der Waals surface area contributed by atoms with E-state index in [1.165, 1.54) is 0 Å². The van der Waals surface area contributed by atoms with Crippen LogP contribution in [0, 0.1) is 11.8 Å². The maximum Gasteiger partial charge on any atom is 0.240 e. The van der Waals surface area contributed by atoms with E-state index in [4.69, 9.17) is 0 Å².